The van der Waals surface area contributed by atoms with Gasteiger partial charge in [0.05, 0.1) is 22.4 Å². The van der Waals surface area contributed by atoms with Crippen molar-refractivity contribution in [3.8, 4) is 44.8 Å². The van der Waals surface area contributed by atoms with Crippen molar-refractivity contribution in [2.75, 3.05) is 4.90 Å². The van der Waals surface area contributed by atoms with Gasteiger partial charge in [0.25, 0.3) is 0 Å². The number of rotatable bonds is 7. The van der Waals surface area contributed by atoms with Crippen molar-refractivity contribution < 1.29 is 0 Å². The zero-order valence-electron chi connectivity index (χ0n) is 32.2. The summed E-state index contributed by atoms with van der Waals surface area (Å²) in [6.07, 6.45) is 0. The summed E-state index contributed by atoms with van der Waals surface area (Å²) < 4.78 is 0. The van der Waals surface area contributed by atoms with E-state index >= 15 is 0 Å². The number of hydrogen-bond acceptors (Lipinski definition) is 3. The molecular formula is C56H37N3. The monoisotopic (exact) mass is 751 g/mol. The van der Waals surface area contributed by atoms with Gasteiger partial charge in [0, 0.05) is 49.7 Å². The minimum atomic E-state index is 0.930. The highest BCUT2D eigenvalue weighted by atomic mass is 15.1. The quantitative estimate of drug-likeness (QED) is 0.152. The van der Waals surface area contributed by atoms with Crippen LogP contribution in [0.25, 0.3) is 88.1 Å². The topological polar surface area (TPSA) is 29.0 Å². The minimum Gasteiger partial charge on any atom is -0.311 e. The van der Waals surface area contributed by atoms with Crippen LogP contribution in [0, 0.1) is 0 Å². The fraction of sp³-hybridized carbons (Fsp3) is 0. The second-order valence-electron chi connectivity index (χ2n) is 14.9. The number of benzene rings is 9. The molecule has 0 saturated heterocycles. The Hall–Kier alpha value is -7.88. The van der Waals surface area contributed by atoms with Gasteiger partial charge in [-0.2, -0.15) is 0 Å². The lowest BCUT2D eigenvalue weighted by molar-refractivity contribution is 1.28. The molecule has 3 heteroatoms. The van der Waals surface area contributed by atoms with Gasteiger partial charge in [-0.3, -0.25) is 0 Å². The molecule has 0 fully saturated rings. The largest absolute Gasteiger partial charge is 0.311 e. The Balaban J connectivity index is 1.11. The zero-order chi connectivity index (χ0) is 39.1. The smallest absolute Gasteiger partial charge is 0.0788 e. The second-order valence-corrected chi connectivity index (χ2v) is 14.9. The van der Waals surface area contributed by atoms with Gasteiger partial charge < -0.3 is 4.90 Å². The first-order valence-electron chi connectivity index (χ1n) is 20.1. The van der Waals surface area contributed by atoms with Crippen LogP contribution in [-0.2, 0) is 0 Å². The molecule has 0 aliphatic rings. The van der Waals surface area contributed by atoms with Crippen LogP contribution in [-0.4, -0.2) is 9.97 Å². The SMILES string of the molecule is c1ccc(-c2ccc(-c3cc(-c4cc5c(-c6ccc(N(c7ccccc7)c7ccccc7)cc6)nc6ccccc6c5c5ccccc45)nc4ccccc34)cc2)cc1. The third kappa shape index (κ3) is 6.17. The number of anilines is 3. The number of aromatic nitrogens is 2. The van der Waals surface area contributed by atoms with Gasteiger partial charge in [0.2, 0.25) is 0 Å². The van der Waals surface area contributed by atoms with Crippen LogP contribution in [0.4, 0.5) is 17.1 Å². The molecule has 0 bridgehead atoms. The standard InChI is InChI=1S/C56H37N3/c1-4-16-38(17-5-1)39-28-30-40(31-29-39)49-37-54(57-52-26-14-12-23-46(49)52)50-36-51-55(47-24-11-10-22-45(47)50)48-25-13-15-27-53(48)58-56(51)41-32-34-44(35-33-41)59(42-18-6-2-7-19-42)43-20-8-3-9-21-43/h1-37H. The lowest BCUT2D eigenvalue weighted by Gasteiger charge is -2.25. The van der Waals surface area contributed by atoms with Crippen LogP contribution < -0.4 is 4.90 Å². The van der Waals surface area contributed by atoms with Crippen LogP contribution in [0.2, 0.25) is 0 Å². The normalized spacial score (nSPS) is 11.4. The van der Waals surface area contributed by atoms with Crippen LogP contribution in [0.3, 0.4) is 0 Å². The van der Waals surface area contributed by atoms with E-state index in [1.807, 2.05) is 0 Å². The van der Waals surface area contributed by atoms with Crippen LogP contribution in [0.5, 0.6) is 0 Å². The first-order chi connectivity index (χ1) is 29.3. The first-order valence-corrected chi connectivity index (χ1v) is 20.1. The summed E-state index contributed by atoms with van der Waals surface area (Å²) in [6, 6.07) is 79.7. The van der Waals surface area contributed by atoms with Gasteiger partial charge in [-0.25, -0.2) is 9.97 Å². The molecule has 0 aliphatic heterocycles. The fourth-order valence-corrected chi connectivity index (χ4v) is 8.64. The molecule has 11 rings (SSSR count). The molecule has 0 saturated carbocycles. The molecule has 0 aliphatic carbocycles. The predicted octanol–water partition coefficient (Wildman–Crippen LogP) is 15.2. The molecule has 276 valence electrons. The average Bonchev–Trinajstić information content (AvgIpc) is 3.32. The highest BCUT2D eigenvalue weighted by Crippen LogP contribution is 2.44. The Labute approximate surface area is 343 Å². The lowest BCUT2D eigenvalue weighted by Crippen LogP contribution is -2.09. The average molecular weight is 752 g/mol. The fourth-order valence-electron chi connectivity index (χ4n) is 8.64. The van der Waals surface area contributed by atoms with E-state index in [0.29, 0.717) is 0 Å². The van der Waals surface area contributed by atoms with E-state index in [2.05, 4.69) is 229 Å². The van der Waals surface area contributed by atoms with E-state index in [-0.39, 0.29) is 0 Å². The Morgan fingerprint density at radius 1 is 0.288 bits per heavy atom. The highest BCUT2D eigenvalue weighted by Gasteiger charge is 2.19. The van der Waals surface area contributed by atoms with Gasteiger partial charge in [0.15, 0.2) is 0 Å². The third-order valence-corrected chi connectivity index (χ3v) is 11.4. The molecule has 2 heterocycles. The van der Waals surface area contributed by atoms with E-state index in [4.69, 9.17) is 9.97 Å². The number of fused-ring (bicyclic) bond motifs is 6. The number of hydrogen-bond donors (Lipinski definition) is 0. The van der Waals surface area contributed by atoms with Crippen molar-refractivity contribution in [1.29, 1.82) is 0 Å². The highest BCUT2D eigenvalue weighted by molar-refractivity contribution is 6.25. The molecule has 2 aromatic heterocycles. The molecule has 0 radical (unpaired) electrons. The Kier molecular flexibility index (Phi) is 8.49. The minimum absolute atomic E-state index is 0.930. The van der Waals surface area contributed by atoms with Gasteiger partial charge >= 0.3 is 0 Å². The Morgan fingerprint density at radius 3 is 1.42 bits per heavy atom. The number of pyridine rings is 2. The Morgan fingerprint density at radius 2 is 0.763 bits per heavy atom. The maximum Gasteiger partial charge on any atom is 0.0788 e. The summed E-state index contributed by atoms with van der Waals surface area (Å²) >= 11 is 0. The predicted molar refractivity (Wildman–Crippen MR) is 248 cm³/mol. The van der Waals surface area contributed by atoms with Crippen molar-refractivity contribution in [2.24, 2.45) is 0 Å². The second kappa shape index (κ2) is 14.6. The van der Waals surface area contributed by atoms with E-state index in [1.54, 1.807) is 0 Å². The van der Waals surface area contributed by atoms with Crippen LogP contribution >= 0.6 is 0 Å². The number of para-hydroxylation sites is 4. The van der Waals surface area contributed by atoms with E-state index < -0.39 is 0 Å². The maximum atomic E-state index is 5.42. The number of nitrogens with zero attached hydrogens (tertiary/aromatic N) is 3. The third-order valence-electron chi connectivity index (χ3n) is 11.4. The van der Waals surface area contributed by atoms with Gasteiger partial charge in [-0.05, 0) is 93.7 Å². The van der Waals surface area contributed by atoms with Crippen molar-refractivity contribution >= 4 is 60.4 Å². The molecule has 11 aromatic rings. The van der Waals surface area contributed by atoms with Crippen molar-refractivity contribution in [3.05, 3.63) is 224 Å². The van der Waals surface area contributed by atoms with Crippen molar-refractivity contribution in [1.82, 2.24) is 9.97 Å². The molecule has 0 unspecified atom stereocenters. The molecule has 3 nitrogen and oxygen atoms in total. The summed E-state index contributed by atoms with van der Waals surface area (Å²) in [5.41, 5.74) is 13.9. The summed E-state index contributed by atoms with van der Waals surface area (Å²) in [7, 11) is 0. The van der Waals surface area contributed by atoms with Gasteiger partial charge in [-0.15, -0.1) is 0 Å². The van der Waals surface area contributed by atoms with Crippen LogP contribution in [0.1, 0.15) is 0 Å². The maximum absolute atomic E-state index is 5.42. The summed E-state index contributed by atoms with van der Waals surface area (Å²) in [6.45, 7) is 0. The van der Waals surface area contributed by atoms with E-state index in [9.17, 15) is 0 Å². The van der Waals surface area contributed by atoms with Gasteiger partial charge in [0.1, 0.15) is 0 Å². The van der Waals surface area contributed by atoms with Gasteiger partial charge in [-0.1, -0.05) is 164 Å². The molecule has 59 heavy (non-hydrogen) atoms. The lowest BCUT2D eigenvalue weighted by atomic mass is 9.90. The summed E-state index contributed by atoms with van der Waals surface area (Å²) in [5.74, 6) is 0. The molecule has 0 atom stereocenters. The molecule has 0 N–H and O–H groups in total. The van der Waals surface area contributed by atoms with E-state index in [1.165, 1.54) is 21.9 Å². The summed E-state index contributed by atoms with van der Waals surface area (Å²) in [4.78, 5) is 13.1. The zero-order valence-corrected chi connectivity index (χ0v) is 32.2. The molecule has 0 spiro atoms. The molecule has 9 aromatic carbocycles. The van der Waals surface area contributed by atoms with E-state index in [0.717, 1.165) is 83.3 Å². The molecular weight excluding hydrogens is 715 g/mol. The Bertz CT molecular complexity index is 3250. The molecule has 0 amide bonds. The van der Waals surface area contributed by atoms with Crippen molar-refractivity contribution in [2.45, 2.75) is 0 Å². The first kappa shape index (κ1) is 34.4. The van der Waals surface area contributed by atoms with Crippen molar-refractivity contribution in [3.63, 3.8) is 0 Å². The summed E-state index contributed by atoms with van der Waals surface area (Å²) in [5, 5.41) is 6.89. The van der Waals surface area contributed by atoms with Crippen LogP contribution in [0.15, 0.2) is 224 Å².